The summed E-state index contributed by atoms with van der Waals surface area (Å²) < 4.78 is 10.5. The molecule has 7 heteroatoms. The zero-order valence-electron chi connectivity index (χ0n) is 11.5. The number of methoxy groups -OCH3 is 2. The van der Waals surface area contributed by atoms with Crippen molar-refractivity contribution >= 4 is 40.3 Å². The lowest BCUT2D eigenvalue weighted by atomic mass is 10.2. The number of nitrogens with two attached hydrogens (primary N) is 1. The van der Waals surface area contributed by atoms with Gasteiger partial charge in [0.15, 0.2) is 0 Å². The van der Waals surface area contributed by atoms with E-state index in [1.165, 1.54) is 0 Å². The van der Waals surface area contributed by atoms with Crippen LogP contribution < -0.4 is 20.5 Å². The van der Waals surface area contributed by atoms with Gasteiger partial charge in [-0.2, -0.15) is 0 Å². The lowest BCUT2D eigenvalue weighted by molar-refractivity contribution is 0.405. The summed E-state index contributed by atoms with van der Waals surface area (Å²) in [5.74, 6) is 1.61. The third-order valence-corrected chi connectivity index (χ3v) is 3.32. The second kappa shape index (κ2) is 6.60. The molecule has 3 N–H and O–H groups in total. The summed E-state index contributed by atoms with van der Waals surface area (Å²) in [6.45, 7) is 0. The number of hydrogen-bond acceptors (Lipinski definition) is 5. The first-order valence-corrected chi connectivity index (χ1v) is 6.78. The fourth-order valence-electron chi connectivity index (χ4n) is 1.79. The molecule has 5 nitrogen and oxygen atoms in total. The Labute approximate surface area is 133 Å². The SMILES string of the molecule is COc1cc(Nc2ncccc2C(N)=S)c(OC)cc1Cl. The van der Waals surface area contributed by atoms with Crippen molar-refractivity contribution in [3.8, 4) is 11.5 Å². The molecule has 0 fully saturated rings. The fourth-order valence-corrected chi connectivity index (χ4v) is 2.18. The van der Waals surface area contributed by atoms with Gasteiger partial charge in [-0.1, -0.05) is 23.8 Å². The van der Waals surface area contributed by atoms with Gasteiger partial charge in [0, 0.05) is 18.3 Å². The van der Waals surface area contributed by atoms with Crippen molar-refractivity contribution in [2.75, 3.05) is 19.5 Å². The van der Waals surface area contributed by atoms with E-state index in [0.717, 1.165) is 0 Å². The molecule has 0 atom stereocenters. The predicted molar refractivity (Wildman–Crippen MR) is 88.0 cm³/mol. The van der Waals surface area contributed by atoms with Crippen molar-refractivity contribution in [3.63, 3.8) is 0 Å². The highest BCUT2D eigenvalue weighted by Gasteiger charge is 2.13. The topological polar surface area (TPSA) is 69.4 Å². The molecular formula is C14H14ClN3O2S. The zero-order valence-corrected chi connectivity index (χ0v) is 13.1. The van der Waals surface area contributed by atoms with E-state index in [0.29, 0.717) is 33.6 Å². The molecule has 2 rings (SSSR count). The molecule has 0 amide bonds. The Morgan fingerprint density at radius 3 is 2.62 bits per heavy atom. The van der Waals surface area contributed by atoms with E-state index in [9.17, 15) is 0 Å². The quantitative estimate of drug-likeness (QED) is 0.824. The molecule has 1 aromatic heterocycles. The molecule has 21 heavy (non-hydrogen) atoms. The summed E-state index contributed by atoms with van der Waals surface area (Å²) in [7, 11) is 3.09. The molecule has 0 bridgehead atoms. The van der Waals surface area contributed by atoms with Crippen LogP contribution >= 0.6 is 23.8 Å². The maximum absolute atomic E-state index is 6.08. The third kappa shape index (κ3) is 3.34. The number of nitrogens with one attached hydrogen (secondary N) is 1. The van der Waals surface area contributed by atoms with Crippen LogP contribution in [0.25, 0.3) is 0 Å². The van der Waals surface area contributed by atoms with Crippen molar-refractivity contribution in [1.29, 1.82) is 0 Å². The van der Waals surface area contributed by atoms with Gasteiger partial charge in [0.2, 0.25) is 0 Å². The largest absolute Gasteiger partial charge is 0.495 e. The van der Waals surface area contributed by atoms with Crippen LogP contribution in [0, 0.1) is 0 Å². The Bertz CT molecular complexity index is 679. The lowest BCUT2D eigenvalue weighted by Gasteiger charge is -2.15. The third-order valence-electron chi connectivity index (χ3n) is 2.80. The second-order valence-electron chi connectivity index (χ2n) is 4.08. The van der Waals surface area contributed by atoms with Gasteiger partial charge in [0.05, 0.1) is 30.5 Å². The highest BCUT2D eigenvalue weighted by atomic mass is 35.5. The molecule has 1 aromatic carbocycles. The van der Waals surface area contributed by atoms with Crippen LogP contribution in [0.15, 0.2) is 30.5 Å². The van der Waals surface area contributed by atoms with E-state index in [1.807, 2.05) is 0 Å². The van der Waals surface area contributed by atoms with E-state index in [-0.39, 0.29) is 4.99 Å². The number of rotatable bonds is 5. The molecule has 2 aromatic rings. The van der Waals surface area contributed by atoms with Crippen LogP contribution in [0.5, 0.6) is 11.5 Å². The summed E-state index contributed by atoms with van der Waals surface area (Å²) >= 11 is 11.1. The van der Waals surface area contributed by atoms with E-state index >= 15 is 0 Å². The average Bonchev–Trinajstić information content (AvgIpc) is 2.48. The van der Waals surface area contributed by atoms with Gasteiger partial charge in [0.1, 0.15) is 22.3 Å². The molecule has 0 spiro atoms. The lowest BCUT2D eigenvalue weighted by Crippen LogP contribution is -2.13. The molecule has 0 unspecified atom stereocenters. The van der Waals surface area contributed by atoms with Crippen molar-refractivity contribution in [1.82, 2.24) is 4.98 Å². The Hall–Kier alpha value is -2.05. The fraction of sp³-hybridized carbons (Fsp3) is 0.143. The minimum absolute atomic E-state index is 0.255. The first kappa shape index (κ1) is 15.3. The van der Waals surface area contributed by atoms with Gasteiger partial charge in [-0.05, 0) is 12.1 Å². The zero-order chi connectivity index (χ0) is 15.4. The number of nitrogens with zero attached hydrogens (tertiary/aromatic N) is 1. The van der Waals surface area contributed by atoms with Crippen LogP contribution in [0.3, 0.4) is 0 Å². The minimum atomic E-state index is 0.255. The summed E-state index contributed by atoms with van der Waals surface area (Å²) in [6, 6.07) is 6.93. The Morgan fingerprint density at radius 1 is 1.29 bits per heavy atom. The Kier molecular flexibility index (Phi) is 4.82. The predicted octanol–water partition coefficient (Wildman–Crippen LogP) is 3.13. The van der Waals surface area contributed by atoms with Gasteiger partial charge >= 0.3 is 0 Å². The maximum atomic E-state index is 6.08. The molecule has 0 aliphatic rings. The molecule has 0 radical (unpaired) electrons. The highest BCUT2D eigenvalue weighted by Crippen LogP contribution is 2.37. The van der Waals surface area contributed by atoms with E-state index < -0.39 is 0 Å². The standard InChI is InChI=1S/C14H14ClN3O2S/c1-19-11-7-10(12(20-2)6-9(11)15)18-14-8(13(16)21)4-3-5-17-14/h3-7H,1-2H3,(H2,16,21)(H,17,18). The number of hydrogen-bond donors (Lipinski definition) is 2. The summed E-state index contributed by atoms with van der Waals surface area (Å²) in [6.07, 6.45) is 1.64. The van der Waals surface area contributed by atoms with Crippen LogP contribution in [0.4, 0.5) is 11.5 Å². The number of ether oxygens (including phenoxy) is 2. The summed E-state index contributed by atoms with van der Waals surface area (Å²) in [4.78, 5) is 4.50. The summed E-state index contributed by atoms with van der Waals surface area (Å²) in [5, 5.41) is 3.59. The number of benzene rings is 1. The van der Waals surface area contributed by atoms with Crippen molar-refractivity contribution in [2.24, 2.45) is 5.73 Å². The molecule has 110 valence electrons. The van der Waals surface area contributed by atoms with Crippen LogP contribution in [0.2, 0.25) is 5.02 Å². The van der Waals surface area contributed by atoms with Gasteiger partial charge in [-0.25, -0.2) is 4.98 Å². The van der Waals surface area contributed by atoms with E-state index in [2.05, 4.69) is 10.3 Å². The van der Waals surface area contributed by atoms with Gasteiger partial charge in [-0.15, -0.1) is 0 Å². The molecule has 0 saturated carbocycles. The van der Waals surface area contributed by atoms with E-state index in [4.69, 9.17) is 39.0 Å². The van der Waals surface area contributed by atoms with Crippen LogP contribution in [-0.2, 0) is 0 Å². The number of anilines is 2. The smallest absolute Gasteiger partial charge is 0.144 e. The normalized spacial score (nSPS) is 10.0. The molecule has 0 aliphatic carbocycles. The number of aromatic nitrogens is 1. The first-order valence-electron chi connectivity index (χ1n) is 6.00. The highest BCUT2D eigenvalue weighted by molar-refractivity contribution is 7.80. The Morgan fingerprint density at radius 2 is 2.00 bits per heavy atom. The van der Waals surface area contributed by atoms with Gasteiger partial charge in [0.25, 0.3) is 0 Å². The number of thiocarbonyl (C=S) groups is 1. The van der Waals surface area contributed by atoms with Gasteiger partial charge < -0.3 is 20.5 Å². The van der Waals surface area contributed by atoms with Crippen molar-refractivity contribution in [3.05, 3.63) is 41.0 Å². The molecule has 1 heterocycles. The monoisotopic (exact) mass is 323 g/mol. The summed E-state index contributed by atoms with van der Waals surface area (Å²) in [5.41, 5.74) is 6.98. The number of pyridine rings is 1. The first-order chi connectivity index (χ1) is 10.1. The Balaban J connectivity index is 2.46. The average molecular weight is 324 g/mol. The van der Waals surface area contributed by atoms with Gasteiger partial charge in [-0.3, -0.25) is 0 Å². The van der Waals surface area contributed by atoms with Crippen LogP contribution in [0.1, 0.15) is 5.56 Å². The minimum Gasteiger partial charge on any atom is -0.495 e. The number of halogens is 1. The molecule has 0 aliphatic heterocycles. The molecular weight excluding hydrogens is 310 g/mol. The maximum Gasteiger partial charge on any atom is 0.144 e. The van der Waals surface area contributed by atoms with Crippen LogP contribution in [-0.4, -0.2) is 24.2 Å². The van der Waals surface area contributed by atoms with Crippen molar-refractivity contribution in [2.45, 2.75) is 0 Å². The molecule has 0 saturated heterocycles. The second-order valence-corrected chi connectivity index (χ2v) is 4.92. The van der Waals surface area contributed by atoms with Crippen molar-refractivity contribution < 1.29 is 9.47 Å². The van der Waals surface area contributed by atoms with E-state index in [1.54, 1.807) is 44.7 Å².